The molecule has 6 nitrogen and oxygen atoms in total. The van der Waals surface area contributed by atoms with E-state index in [4.69, 9.17) is 9.47 Å². The molecule has 1 atom stereocenters. The number of ether oxygens (including phenoxy) is 2. The zero-order valence-corrected chi connectivity index (χ0v) is 26.0. The lowest BCUT2D eigenvalue weighted by Gasteiger charge is -2.18. The third-order valence-corrected chi connectivity index (χ3v) is 7.27. The summed E-state index contributed by atoms with van der Waals surface area (Å²) in [6.07, 6.45) is 24.9. The first kappa shape index (κ1) is 37.4. The molecule has 0 unspecified atom stereocenters. The number of hydrogen-bond donors (Lipinski definition) is 1. The SMILES string of the molecule is CCCCCCCCCCCC(=O)N[C@@H](CCC(=O)OCCCCCCCC)C(=O)OCCCCCCCC. The van der Waals surface area contributed by atoms with Gasteiger partial charge in [0.2, 0.25) is 5.91 Å². The van der Waals surface area contributed by atoms with Crippen LogP contribution in [0, 0.1) is 0 Å². The summed E-state index contributed by atoms with van der Waals surface area (Å²) in [5.74, 6) is -0.891. The van der Waals surface area contributed by atoms with Crippen LogP contribution in [0.2, 0.25) is 0 Å². The molecule has 0 aromatic rings. The summed E-state index contributed by atoms with van der Waals surface area (Å²) in [7, 11) is 0. The van der Waals surface area contributed by atoms with Gasteiger partial charge in [0.15, 0.2) is 0 Å². The molecule has 230 valence electrons. The van der Waals surface area contributed by atoms with E-state index in [9.17, 15) is 14.4 Å². The number of esters is 2. The third-order valence-electron chi connectivity index (χ3n) is 7.27. The van der Waals surface area contributed by atoms with Crippen molar-refractivity contribution in [1.29, 1.82) is 0 Å². The molecule has 0 rings (SSSR count). The predicted molar refractivity (Wildman–Crippen MR) is 162 cm³/mol. The van der Waals surface area contributed by atoms with Crippen LogP contribution in [-0.4, -0.2) is 37.1 Å². The van der Waals surface area contributed by atoms with E-state index in [1.165, 1.54) is 83.5 Å². The molecule has 39 heavy (non-hydrogen) atoms. The van der Waals surface area contributed by atoms with E-state index in [0.717, 1.165) is 51.4 Å². The maximum absolute atomic E-state index is 12.7. The predicted octanol–water partition coefficient (Wildman–Crippen LogP) is 8.98. The van der Waals surface area contributed by atoms with E-state index in [0.29, 0.717) is 19.6 Å². The summed E-state index contributed by atoms with van der Waals surface area (Å²) in [5.41, 5.74) is 0. The first-order chi connectivity index (χ1) is 19.0. The number of amides is 1. The summed E-state index contributed by atoms with van der Waals surface area (Å²) in [6, 6.07) is -0.794. The molecule has 0 aliphatic carbocycles. The molecule has 0 aliphatic rings. The standard InChI is InChI=1S/C33H63NO5/c1-4-7-10-13-16-17-18-19-22-25-31(35)34-30(33(37)39-29-24-21-15-12-9-6-3)26-27-32(36)38-28-23-20-14-11-8-5-2/h30H,4-29H2,1-3H3,(H,34,35)/t30-/m0/s1. The Balaban J connectivity index is 4.37. The van der Waals surface area contributed by atoms with Crippen LogP contribution in [0.15, 0.2) is 0 Å². The zero-order chi connectivity index (χ0) is 28.8. The van der Waals surface area contributed by atoms with Crippen LogP contribution in [0.5, 0.6) is 0 Å². The summed E-state index contributed by atoms with van der Waals surface area (Å²) in [4.78, 5) is 37.6. The molecule has 1 amide bonds. The molecule has 6 heteroatoms. The highest BCUT2D eigenvalue weighted by Gasteiger charge is 2.23. The quantitative estimate of drug-likeness (QED) is 0.0738. The molecular formula is C33H63NO5. The molecule has 0 spiro atoms. The number of carbonyl (C=O) groups is 3. The molecule has 0 saturated carbocycles. The molecule has 0 bridgehead atoms. The summed E-state index contributed by atoms with van der Waals surface area (Å²) >= 11 is 0. The average Bonchev–Trinajstić information content (AvgIpc) is 2.93. The van der Waals surface area contributed by atoms with E-state index in [2.05, 4.69) is 26.1 Å². The molecule has 0 aromatic carbocycles. The van der Waals surface area contributed by atoms with E-state index in [1.807, 2.05) is 0 Å². The summed E-state index contributed by atoms with van der Waals surface area (Å²) < 4.78 is 10.8. The fourth-order valence-electron chi connectivity index (χ4n) is 4.67. The Bertz CT molecular complexity index is 580. The summed E-state index contributed by atoms with van der Waals surface area (Å²) in [5, 5.41) is 2.84. The molecule has 0 heterocycles. The van der Waals surface area contributed by atoms with Gasteiger partial charge in [-0.2, -0.15) is 0 Å². The average molecular weight is 554 g/mol. The second-order valence-corrected chi connectivity index (χ2v) is 11.2. The Hall–Kier alpha value is -1.59. The van der Waals surface area contributed by atoms with Crippen molar-refractivity contribution in [2.75, 3.05) is 13.2 Å². The highest BCUT2D eigenvalue weighted by molar-refractivity contribution is 5.85. The van der Waals surface area contributed by atoms with E-state index < -0.39 is 12.0 Å². The Morgan fingerprint density at radius 1 is 0.513 bits per heavy atom. The van der Waals surface area contributed by atoms with Gasteiger partial charge in [-0.25, -0.2) is 4.79 Å². The topological polar surface area (TPSA) is 81.7 Å². The molecule has 0 aromatic heterocycles. The smallest absolute Gasteiger partial charge is 0.328 e. The minimum atomic E-state index is -0.794. The second-order valence-electron chi connectivity index (χ2n) is 11.2. The van der Waals surface area contributed by atoms with Gasteiger partial charge in [-0.15, -0.1) is 0 Å². The maximum atomic E-state index is 12.7. The van der Waals surface area contributed by atoms with Crippen molar-refractivity contribution in [2.45, 2.75) is 181 Å². The van der Waals surface area contributed by atoms with Crippen molar-refractivity contribution in [3.63, 3.8) is 0 Å². The lowest BCUT2D eigenvalue weighted by molar-refractivity contribution is -0.149. The van der Waals surface area contributed by atoms with Gasteiger partial charge in [-0.1, -0.05) is 136 Å². The van der Waals surface area contributed by atoms with Crippen molar-refractivity contribution < 1.29 is 23.9 Å². The van der Waals surface area contributed by atoms with E-state index in [-0.39, 0.29) is 24.7 Å². The Labute approximate surface area is 241 Å². The number of rotatable bonds is 29. The van der Waals surface area contributed by atoms with Crippen molar-refractivity contribution >= 4 is 17.8 Å². The largest absolute Gasteiger partial charge is 0.466 e. The van der Waals surface area contributed by atoms with Gasteiger partial charge >= 0.3 is 11.9 Å². The molecule has 0 fully saturated rings. The van der Waals surface area contributed by atoms with Gasteiger partial charge in [0, 0.05) is 12.8 Å². The first-order valence-corrected chi connectivity index (χ1v) is 16.7. The fraction of sp³-hybridized carbons (Fsp3) is 0.909. The summed E-state index contributed by atoms with van der Waals surface area (Å²) in [6.45, 7) is 7.39. The van der Waals surface area contributed by atoms with Crippen LogP contribution in [-0.2, 0) is 23.9 Å². The van der Waals surface area contributed by atoms with E-state index in [1.54, 1.807) is 0 Å². The lowest BCUT2D eigenvalue weighted by Crippen LogP contribution is -2.42. The number of hydrogen-bond acceptors (Lipinski definition) is 5. The van der Waals surface area contributed by atoms with Gasteiger partial charge in [-0.05, 0) is 25.7 Å². The van der Waals surface area contributed by atoms with Crippen LogP contribution >= 0.6 is 0 Å². The normalized spacial score (nSPS) is 11.8. The first-order valence-electron chi connectivity index (χ1n) is 16.7. The fourth-order valence-corrected chi connectivity index (χ4v) is 4.67. The molecule has 0 aliphatic heterocycles. The number of nitrogens with one attached hydrogen (secondary N) is 1. The van der Waals surface area contributed by atoms with Crippen molar-refractivity contribution in [3.8, 4) is 0 Å². The van der Waals surface area contributed by atoms with Crippen LogP contribution in [0.1, 0.15) is 175 Å². The molecule has 0 saturated heterocycles. The highest BCUT2D eigenvalue weighted by atomic mass is 16.5. The Morgan fingerprint density at radius 2 is 0.923 bits per heavy atom. The van der Waals surface area contributed by atoms with Crippen molar-refractivity contribution in [1.82, 2.24) is 5.32 Å². The van der Waals surface area contributed by atoms with Crippen LogP contribution in [0.4, 0.5) is 0 Å². The van der Waals surface area contributed by atoms with Gasteiger partial charge in [0.25, 0.3) is 0 Å². The zero-order valence-electron chi connectivity index (χ0n) is 26.0. The Morgan fingerprint density at radius 3 is 1.41 bits per heavy atom. The highest BCUT2D eigenvalue weighted by Crippen LogP contribution is 2.12. The van der Waals surface area contributed by atoms with Gasteiger partial charge in [-0.3, -0.25) is 9.59 Å². The van der Waals surface area contributed by atoms with Crippen LogP contribution < -0.4 is 5.32 Å². The van der Waals surface area contributed by atoms with Gasteiger partial charge in [0.1, 0.15) is 6.04 Å². The molecule has 1 N–H and O–H groups in total. The monoisotopic (exact) mass is 553 g/mol. The van der Waals surface area contributed by atoms with Crippen molar-refractivity contribution in [2.24, 2.45) is 0 Å². The van der Waals surface area contributed by atoms with Crippen LogP contribution in [0.3, 0.4) is 0 Å². The van der Waals surface area contributed by atoms with Crippen molar-refractivity contribution in [3.05, 3.63) is 0 Å². The minimum absolute atomic E-state index is 0.102. The second kappa shape index (κ2) is 29.4. The van der Waals surface area contributed by atoms with Gasteiger partial charge in [0.05, 0.1) is 13.2 Å². The van der Waals surface area contributed by atoms with Crippen LogP contribution in [0.25, 0.3) is 0 Å². The molecule has 0 radical (unpaired) electrons. The maximum Gasteiger partial charge on any atom is 0.328 e. The number of carbonyl (C=O) groups excluding carboxylic acids is 3. The van der Waals surface area contributed by atoms with E-state index >= 15 is 0 Å². The lowest BCUT2D eigenvalue weighted by atomic mass is 10.1. The minimum Gasteiger partial charge on any atom is -0.466 e. The third kappa shape index (κ3) is 26.4. The number of unbranched alkanes of at least 4 members (excludes halogenated alkanes) is 18. The molecular weight excluding hydrogens is 490 g/mol. The Kier molecular flexibility index (Phi) is 28.2. The van der Waals surface area contributed by atoms with Gasteiger partial charge < -0.3 is 14.8 Å².